The summed E-state index contributed by atoms with van der Waals surface area (Å²) >= 11 is 5.30. The van der Waals surface area contributed by atoms with Gasteiger partial charge in [0.1, 0.15) is 17.1 Å². The maximum absolute atomic E-state index is 14.1. The Labute approximate surface area is 258 Å². The second kappa shape index (κ2) is 14.4. The first-order valence-electron chi connectivity index (χ1n) is 11.4. The average molecular weight is 890 g/mol. The Balaban J connectivity index is 0.00000141. The fourth-order valence-electron chi connectivity index (χ4n) is 3.93. The summed E-state index contributed by atoms with van der Waals surface area (Å²) in [5, 5.41) is 14.9. The molecule has 0 aliphatic carbocycles. The molecule has 0 aliphatic rings. The molecule has 2 aromatic carbocycles. The number of hydrogen-bond acceptors (Lipinski definition) is 9. The van der Waals surface area contributed by atoms with Gasteiger partial charge in [-0.25, -0.2) is 14.8 Å². The van der Waals surface area contributed by atoms with Gasteiger partial charge >= 0.3 is 62.1 Å². The van der Waals surface area contributed by atoms with Crippen LogP contribution < -0.4 is 28.0 Å². The Kier molecular flexibility index (Phi) is 11.5. The number of carbonyl (C=O) groups excluding carboxylic acids is 1. The number of aryl methyl sites for hydroxylation is 1. The van der Waals surface area contributed by atoms with Crippen LogP contribution in [0.1, 0.15) is 24.2 Å². The molecule has 4 rings (SSSR count). The van der Waals surface area contributed by atoms with E-state index in [9.17, 15) is 19.3 Å². The molecular formula is C25H24FI3N5O6-. The van der Waals surface area contributed by atoms with Crippen LogP contribution in [0.25, 0.3) is 22.2 Å². The van der Waals surface area contributed by atoms with Crippen molar-refractivity contribution in [1.29, 1.82) is 0 Å². The zero-order chi connectivity index (χ0) is 29.6. The average Bonchev–Trinajstić information content (AvgIpc) is 3.25. The predicted octanol–water partition coefficient (Wildman–Crippen LogP) is 3.78. The third kappa shape index (κ3) is 7.20. The summed E-state index contributed by atoms with van der Waals surface area (Å²) in [6.45, 7) is 3.45. The van der Waals surface area contributed by atoms with Gasteiger partial charge in [0.25, 0.3) is 0 Å². The van der Waals surface area contributed by atoms with Crippen molar-refractivity contribution < 1.29 is 41.6 Å². The van der Waals surface area contributed by atoms with E-state index in [0.29, 0.717) is 24.6 Å². The third-order valence-electron chi connectivity index (χ3n) is 5.50. The van der Waals surface area contributed by atoms with E-state index in [1.54, 1.807) is 27.2 Å². The number of carbonyl (C=O) groups is 1. The Morgan fingerprint density at radius 3 is 2.48 bits per heavy atom. The number of ether oxygens (including phenoxy) is 3. The van der Waals surface area contributed by atoms with Crippen LogP contribution in [0.5, 0.6) is 11.5 Å². The first-order valence-corrected chi connectivity index (χ1v) is 24.0. The van der Waals surface area contributed by atoms with E-state index in [0.717, 1.165) is 23.0 Å². The first-order chi connectivity index (χ1) is 19.1. The summed E-state index contributed by atoms with van der Waals surface area (Å²) in [4.78, 5) is 32.1. The van der Waals surface area contributed by atoms with Gasteiger partial charge in [-0.15, -0.1) is 0 Å². The zero-order valence-corrected chi connectivity index (χ0v) is 28.3. The number of hydrogen-bond donors (Lipinski definition) is 1. The normalized spacial score (nSPS) is 10.7. The number of nitro benzene ring substituents is 1. The summed E-state index contributed by atoms with van der Waals surface area (Å²) in [5.41, 5.74) is 1.09. The zero-order valence-electron chi connectivity index (χ0n) is 21.9. The molecule has 0 amide bonds. The number of para-hydroxylation sites is 1. The fraction of sp³-hybridized carbons (Fsp3) is 0.240. The van der Waals surface area contributed by atoms with Crippen LogP contribution in [-0.2, 0) is 11.8 Å². The molecule has 11 nitrogen and oxygen atoms in total. The number of nitrogens with zero attached hydrogens (tertiary/aromatic N) is 4. The van der Waals surface area contributed by atoms with Crippen molar-refractivity contribution in [2.75, 3.05) is 19.5 Å². The van der Waals surface area contributed by atoms with E-state index >= 15 is 0 Å². The van der Waals surface area contributed by atoms with Crippen molar-refractivity contribution in [3.8, 4) is 22.8 Å². The Hall–Kier alpha value is -2.55. The molecule has 0 aliphatic heterocycles. The molecule has 4 aromatic rings. The number of fused-ring (bicyclic) bond motifs is 1. The van der Waals surface area contributed by atoms with Crippen LogP contribution in [0.2, 0.25) is 0 Å². The molecule has 0 saturated carbocycles. The van der Waals surface area contributed by atoms with Gasteiger partial charge in [0, 0.05) is 42.5 Å². The molecule has 15 heteroatoms. The van der Waals surface area contributed by atoms with Crippen molar-refractivity contribution in [2.45, 2.75) is 20.0 Å². The van der Waals surface area contributed by atoms with E-state index in [-0.39, 0.29) is 34.7 Å². The Morgan fingerprint density at radius 1 is 1.20 bits per heavy atom. The molecule has 0 fully saturated rings. The van der Waals surface area contributed by atoms with Gasteiger partial charge < -0.3 is 24.1 Å². The molecular weight excluding hydrogens is 866 g/mol. The third-order valence-corrected chi connectivity index (χ3v) is 5.50. The number of esters is 1. The van der Waals surface area contributed by atoms with Gasteiger partial charge in [0.2, 0.25) is 11.8 Å². The van der Waals surface area contributed by atoms with Crippen molar-refractivity contribution in [3.63, 3.8) is 0 Å². The number of halogens is 4. The summed E-state index contributed by atoms with van der Waals surface area (Å²) in [5.74, 6) is -1.04. The van der Waals surface area contributed by atoms with E-state index in [4.69, 9.17) is 14.2 Å². The van der Waals surface area contributed by atoms with Gasteiger partial charge in [0.05, 0.1) is 42.1 Å². The van der Waals surface area contributed by atoms with Crippen LogP contribution in [0.4, 0.5) is 21.7 Å². The molecule has 0 spiro atoms. The van der Waals surface area contributed by atoms with E-state index in [1.165, 1.54) is 13.3 Å². The molecule has 2 aromatic heterocycles. The standard InChI is InChI=1S/C25H24FN5O6.I3/c1-13(2)37-24(32)15-11-27-25(28-18-10-19(31(33)34)17(26)9-21(18)36-5)29-22(15)16-12-30(3)23-14(16)7-6-8-20(23)35-4;1-3-2/h6-13H,1-5H3,(H,27,28,29);/q;-1. The number of methoxy groups -OCH3 is 2. The summed E-state index contributed by atoms with van der Waals surface area (Å²) in [6, 6.07) is 7.39. The molecule has 0 atom stereocenters. The quantitative estimate of drug-likeness (QED) is 0.122. The van der Waals surface area contributed by atoms with Crippen LogP contribution in [0.15, 0.2) is 42.7 Å². The van der Waals surface area contributed by atoms with Crippen molar-refractivity contribution in [2.24, 2.45) is 7.05 Å². The molecule has 0 bridgehead atoms. The van der Waals surface area contributed by atoms with Crippen molar-refractivity contribution >= 4 is 71.4 Å². The number of nitro groups is 1. The van der Waals surface area contributed by atoms with E-state index < -0.39 is 22.4 Å². The van der Waals surface area contributed by atoms with Crippen LogP contribution >= 0.6 is 37.2 Å². The predicted molar refractivity (Wildman–Crippen MR) is 162 cm³/mol. The minimum absolute atomic E-state index is 0.00444. The minimum atomic E-state index is -1.05. The number of anilines is 2. The number of nitrogens with one attached hydrogen (secondary N) is 1. The summed E-state index contributed by atoms with van der Waals surface area (Å²) < 4.78 is 32.0. The second-order valence-electron chi connectivity index (χ2n) is 8.36. The Bertz CT molecular complexity index is 1550. The second-order valence-corrected chi connectivity index (χ2v) is 24.6. The summed E-state index contributed by atoms with van der Waals surface area (Å²) in [7, 11) is 4.70. The molecule has 1 N–H and O–H groups in total. The monoisotopic (exact) mass is 890 g/mol. The number of aromatic nitrogens is 3. The Morgan fingerprint density at radius 2 is 1.88 bits per heavy atom. The molecule has 0 radical (unpaired) electrons. The van der Waals surface area contributed by atoms with E-state index in [1.807, 2.05) is 29.8 Å². The van der Waals surface area contributed by atoms with E-state index in [2.05, 4.69) is 52.5 Å². The van der Waals surface area contributed by atoms with Gasteiger partial charge in [-0.3, -0.25) is 10.1 Å². The fourth-order valence-corrected chi connectivity index (χ4v) is 3.93. The van der Waals surface area contributed by atoms with Crippen LogP contribution in [0, 0.1) is 15.9 Å². The van der Waals surface area contributed by atoms with Gasteiger partial charge in [-0.05, 0) is 19.9 Å². The van der Waals surface area contributed by atoms with Gasteiger partial charge in [0.15, 0.2) is 0 Å². The van der Waals surface area contributed by atoms with Crippen molar-refractivity contribution in [3.05, 3.63) is 64.2 Å². The topological polar surface area (TPSA) is 131 Å². The molecule has 0 unspecified atom stereocenters. The molecule has 2 heterocycles. The van der Waals surface area contributed by atoms with Crippen LogP contribution in [-0.4, -0.2) is 45.8 Å². The van der Waals surface area contributed by atoms with Crippen LogP contribution in [0.3, 0.4) is 0 Å². The summed E-state index contributed by atoms with van der Waals surface area (Å²) in [6.07, 6.45) is 2.72. The molecule has 214 valence electrons. The first kappa shape index (κ1) is 32.0. The maximum atomic E-state index is 14.1. The number of benzene rings is 2. The van der Waals surface area contributed by atoms with Gasteiger partial charge in [-0.1, -0.05) is 12.1 Å². The SMILES string of the molecule is COc1cc(F)c([N+](=O)[O-])cc1Nc1ncc(C(=O)OC(C)C)c(-c2cn(C)c3c(OC)cccc23)n1.I[I-]I. The molecule has 40 heavy (non-hydrogen) atoms. The molecule has 0 saturated heterocycles. The number of rotatable bonds is 8. The van der Waals surface area contributed by atoms with Crippen molar-refractivity contribution in [1.82, 2.24) is 14.5 Å². The van der Waals surface area contributed by atoms with Gasteiger partial charge in [-0.2, -0.15) is 4.39 Å².